The average Bonchev–Trinajstić information content (AvgIpc) is 3.43. The third-order valence-corrected chi connectivity index (χ3v) is 7.56. The van der Waals surface area contributed by atoms with Crippen LogP contribution >= 0.6 is 22.9 Å². The first kappa shape index (κ1) is 24.6. The summed E-state index contributed by atoms with van der Waals surface area (Å²) in [5, 5.41) is 0.570. The molecule has 0 bridgehead atoms. The van der Waals surface area contributed by atoms with E-state index < -0.39 is 12.0 Å². The van der Waals surface area contributed by atoms with Crippen molar-refractivity contribution < 1.29 is 13.9 Å². The zero-order chi connectivity index (χ0) is 25.4. The van der Waals surface area contributed by atoms with Gasteiger partial charge in [-0.3, -0.25) is 9.36 Å². The number of carbonyl (C=O) groups excluding carboxylic acids is 1. The number of fused-ring (bicyclic) bond motifs is 1. The van der Waals surface area contributed by atoms with Crippen molar-refractivity contribution in [3.63, 3.8) is 0 Å². The number of esters is 1. The number of carbonyl (C=O) groups is 1. The van der Waals surface area contributed by atoms with Gasteiger partial charge in [-0.2, -0.15) is 0 Å². The largest absolute Gasteiger partial charge is 0.459 e. The minimum Gasteiger partial charge on any atom is -0.459 e. The zero-order valence-electron chi connectivity index (χ0n) is 20.5. The summed E-state index contributed by atoms with van der Waals surface area (Å²) in [6.45, 7) is 7.31. The summed E-state index contributed by atoms with van der Waals surface area (Å²) in [7, 11) is 0. The number of ether oxygens (including phenoxy) is 1. The highest BCUT2D eigenvalue weighted by Crippen LogP contribution is 2.31. The van der Waals surface area contributed by atoms with Crippen LogP contribution < -0.4 is 19.8 Å². The number of aromatic nitrogens is 1. The van der Waals surface area contributed by atoms with Gasteiger partial charge in [-0.05, 0) is 63.8 Å². The molecule has 0 saturated carbocycles. The van der Waals surface area contributed by atoms with E-state index in [1.54, 1.807) is 43.5 Å². The Morgan fingerprint density at radius 3 is 2.58 bits per heavy atom. The van der Waals surface area contributed by atoms with Crippen LogP contribution in [0.1, 0.15) is 57.4 Å². The molecule has 0 aliphatic carbocycles. The number of hydrogen-bond acceptors (Lipinski definition) is 7. The number of benzene rings is 1. The second-order valence-electron chi connectivity index (χ2n) is 9.31. The Bertz CT molecular complexity index is 1490. The van der Waals surface area contributed by atoms with E-state index in [2.05, 4.69) is 9.89 Å². The molecule has 7 nitrogen and oxygen atoms in total. The van der Waals surface area contributed by atoms with E-state index >= 15 is 0 Å². The van der Waals surface area contributed by atoms with Gasteiger partial charge in [-0.25, -0.2) is 9.79 Å². The topological polar surface area (TPSA) is 77.0 Å². The highest BCUT2D eigenvalue weighted by atomic mass is 35.5. The first-order valence-corrected chi connectivity index (χ1v) is 13.3. The summed E-state index contributed by atoms with van der Waals surface area (Å²) >= 11 is 7.40. The lowest BCUT2D eigenvalue weighted by atomic mass is 9.96. The lowest BCUT2D eigenvalue weighted by Crippen LogP contribution is -2.40. The lowest BCUT2D eigenvalue weighted by molar-refractivity contribution is -0.143. The lowest BCUT2D eigenvalue weighted by Gasteiger charge is -2.25. The maximum Gasteiger partial charge on any atom is 0.338 e. The van der Waals surface area contributed by atoms with Crippen LogP contribution in [-0.4, -0.2) is 29.7 Å². The Morgan fingerprint density at radius 1 is 1.17 bits per heavy atom. The number of furan rings is 1. The van der Waals surface area contributed by atoms with Crippen molar-refractivity contribution in [3.8, 4) is 0 Å². The van der Waals surface area contributed by atoms with Gasteiger partial charge in [0.25, 0.3) is 5.56 Å². The van der Waals surface area contributed by atoms with Crippen molar-refractivity contribution in [1.82, 2.24) is 4.57 Å². The highest BCUT2D eigenvalue weighted by molar-refractivity contribution is 7.07. The van der Waals surface area contributed by atoms with Crippen LogP contribution in [0, 0.1) is 0 Å². The Kier molecular flexibility index (Phi) is 6.90. The molecule has 188 valence electrons. The van der Waals surface area contributed by atoms with Crippen LogP contribution in [0.5, 0.6) is 0 Å². The minimum absolute atomic E-state index is 0.239. The van der Waals surface area contributed by atoms with Crippen LogP contribution in [0.3, 0.4) is 0 Å². The molecular formula is C27H28ClN3O4S. The van der Waals surface area contributed by atoms with Gasteiger partial charge in [0.2, 0.25) is 0 Å². The molecule has 1 atom stereocenters. The van der Waals surface area contributed by atoms with Gasteiger partial charge in [0, 0.05) is 30.3 Å². The Morgan fingerprint density at radius 2 is 1.89 bits per heavy atom. The van der Waals surface area contributed by atoms with Crippen LogP contribution in [-0.2, 0) is 9.53 Å². The van der Waals surface area contributed by atoms with Crippen LogP contribution in [0.15, 0.2) is 61.9 Å². The SMILES string of the molecule is CC1=C(C(=O)OC(C)C)[C@H](c2ccc(Cl)cc2)n2c(s/c(=C/c3ccc(N4CCCCC4)o3)c2=O)=N1. The standard InChI is InChI=1S/C27H28ClN3O4S/c1-16(2)34-26(33)23-17(3)29-27-31(24(23)18-7-9-19(28)10-8-18)25(32)21(36-27)15-20-11-12-22(35-20)30-13-5-4-6-14-30/h7-12,15-16,24H,4-6,13-14H2,1-3H3/b21-15+/t24-/m0/s1. The van der Waals surface area contributed by atoms with Crippen molar-refractivity contribution in [1.29, 1.82) is 0 Å². The van der Waals surface area contributed by atoms with E-state index in [4.69, 9.17) is 20.8 Å². The summed E-state index contributed by atoms with van der Waals surface area (Å²) in [5.74, 6) is 0.944. The molecule has 2 aromatic heterocycles. The molecule has 5 rings (SSSR count). The summed E-state index contributed by atoms with van der Waals surface area (Å²) in [5.41, 5.74) is 1.38. The van der Waals surface area contributed by atoms with Crippen LogP contribution in [0.4, 0.5) is 5.88 Å². The minimum atomic E-state index is -0.674. The molecule has 1 fully saturated rings. The zero-order valence-corrected chi connectivity index (χ0v) is 22.1. The molecule has 2 aliphatic heterocycles. The fourth-order valence-corrected chi connectivity index (χ4v) is 5.81. The molecule has 0 unspecified atom stereocenters. The number of nitrogens with zero attached hydrogens (tertiary/aromatic N) is 3. The normalized spacial score (nSPS) is 18.4. The molecule has 9 heteroatoms. The van der Waals surface area contributed by atoms with E-state index in [1.807, 2.05) is 24.3 Å². The summed E-state index contributed by atoms with van der Waals surface area (Å²) in [6, 6.07) is 10.3. The highest BCUT2D eigenvalue weighted by Gasteiger charge is 2.33. The molecule has 1 saturated heterocycles. The van der Waals surface area contributed by atoms with Crippen molar-refractivity contribution in [2.75, 3.05) is 18.0 Å². The number of rotatable bonds is 5. The van der Waals surface area contributed by atoms with Crippen molar-refractivity contribution in [3.05, 3.63) is 83.7 Å². The fraction of sp³-hybridized carbons (Fsp3) is 0.370. The van der Waals surface area contributed by atoms with Gasteiger partial charge >= 0.3 is 5.97 Å². The molecular weight excluding hydrogens is 498 g/mol. The van der Waals surface area contributed by atoms with Crippen molar-refractivity contribution >= 4 is 40.9 Å². The summed E-state index contributed by atoms with van der Waals surface area (Å²) in [4.78, 5) is 34.2. The average molecular weight is 526 g/mol. The number of hydrogen-bond donors (Lipinski definition) is 0. The number of anilines is 1. The first-order valence-electron chi connectivity index (χ1n) is 12.2. The third kappa shape index (κ3) is 4.80. The predicted octanol–water partition coefficient (Wildman–Crippen LogP) is 4.42. The molecule has 2 aliphatic rings. The molecule has 1 aromatic carbocycles. The molecule has 0 radical (unpaired) electrons. The number of halogens is 1. The maximum absolute atomic E-state index is 13.7. The van der Waals surface area contributed by atoms with E-state index in [-0.39, 0.29) is 11.7 Å². The van der Waals surface area contributed by atoms with E-state index in [0.29, 0.717) is 31.4 Å². The van der Waals surface area contributed by atoms with E-state index in [9.17, 15) is 9.59 Å². The first-order chi connectivity index (χ1) is 17.3. The van der Waals surface area contributed by atoms with Gasteiger partial charge in [-0.15, -0.1) is 0 Å². The fourth-order valence-electron chi connectivity index (χ4n) is 4.65. The van der Waals surface area contributed by atoms with Crippen LogP contribution in [0.25, 0.3) is 6.08 Å². The molecule has 0 N–H and O–H groups in total. The molecule has 3 aromatic rings. The van der Waals surface area contributed by atoms with E-state index in [1.165, 1.54) is 17.8 Å². The molecule has 4 heterocycles. The molecule has 0 amide bonds. The number of piperidine rings is 1. The van der Waals surface area contributed by atoms with Gasteiger partial charge in [0.1, 0.15) is 5.76 Å². The van der Waals surface area contributed by atoms with Gasteiger partial charge < -0.3 is 14.1 Å². The smallest absolute Gasteiger partial charge is 0.338 e. The van der Waals surface area contributed by atoms with Crippen LogP contribution in [0.2, 0.25) is 5.02 Å². The molecule has 36 heavy (non-hydrogen) atoms. The van der Waals surface area contributed by atoms with Gasteiger partial charge in [0.05, 0.1) is 27.9 Å². The summed E-state index contributed by atoms with van der Waals surface area (Å²) in [6.07, 6.45) is 5.00. The Labute approximate surface area is 218 Å². The van der Waals surface area contributed by atoms with Crippen molar-refractivity contribution in [2.45, 2.75) is 52.2 Å². The maximum atomic E-state index is 13.7. The van der Waals surface area contributed by atoms with Gasteiger partial charge in [-0.1, -0.05) is 35.1 Å². The summed E-state index contributed by atoms with van der Waals surface area (Å²) < 4.78 is 13.6. The Hall–Kier alpha value is -3.10. The third-order valence-electron chi connectivity index (χ3n) is 6.32. The molecule has 0 spiro atoms. The van der Waals surface area contributed by atoms with E-state index in [0.717, 1.165) is 37.4 Å². The van der Waals surface area contributed by atoms with Gasteiger partial charge in [0.15, 0.2) is 10.7 Å². The number of allylic oxidation sites excluding steroid dienone is 1. The predicted molar refractivity (Wildman–Crippen MR) is 141 cm³/mol. The Balaban J connectivity index is 1.60. The number of thiazole rings is 1. The second-order valence-corrected chi connectivity index (χ2v) is 10.8. The quantitative estimate of drug-likeness (QED) is 0.461. The van der Waals surface area contributed by atoms with Crippen molar-refractivity contribution in [2.24, 2.45) is 4.99 Å². The monoisotopic (exact) mass is 525 g/mol. The second kappa shape index (κ2) is 10.1.